The maximum absolute atomic E-state index is 2.75. The van der Waals surface area contributed by atoms with Crippen molar-refractivity contribution >= 4 is 0 Å². The Bertz CT molecular complexity index is 534. The van der Waals surface area contributed by atoms with Gasteiger partial charge in [-0.15, -0.1) is 0 Å². The fraction of sp³-hybridized carbons (Fsp3) is 1.00. The zero-order valence-corrected chi connectivity index (χ0v) is 20.1. The maximum atomic E-state index is 2.75. The molecule has 0 heteroatoms. The quantitative estimate of drug-likeness (QED) is 0.443. The fourth-order valence-electron chi connectivity index (χ4n) is 9.50. The summed E-state index contributed by atoms with van der Waals surface area (Å²) in [5.74, 6) is 8.08. The van der Waals surface area contributed by atoms with E-state index < -0.39 is 0 Å². The number of hydrogen-bond acceptors (Lipinski definition) is 0. The normalized spacial score (nSPS) is 49.4. The second kappa shape index (κ2) is 7.92. The summed E-state index contributed by atoms with van der Waals surface area (Å²) in [5.41, 5.74) is 1.36. The fourth-order valence-corrected chi connectivity index (χ4v) is 9.50. The second-order valence-electron chi connectivity index (χ2n) is 13.1. The maximum Gasteiger partial charge on any atom is -0.0264 e. The molecule has 9 atom stereocenters. The van der Waals surface area contributed by atoms with Crippen LogP contribution in [-0.4, -0.2) is 0 Å². The van der Waals surface area contributed by atoms with Gasteiger partial charge in [-0.2, -0.15) is 0 Å². The molecule has 162 valence electrons. The molecule has 4 fully saturated rings. The minimum atomic E-state index is 0.670. The highest BCUT2D eigenvalue weighted by atomic mass is 14.6. The molecule has 0 aromatic heterocycles. The van der Waals surface area contributed by atoms with Crippen molar-refractivity contribution in [1.82, 2.24) is 0 Å². The van der Waals surface area contributed by atoms with Gasteiger partial charge in [-0.1, -0.05) is 67.2 Å². The molecule has 0 aromatic carbocycles. The van der Waals surface area contributed by atoms with Crippen molar-refractivity contribution in [3.63, 3.8) is 0 Å². The first-order chi connectivity index (χ1) is 13.3. The second-order valence-corrected chi connectivity index (χ2v) is 13.1. The van der Waals surface area contributed by atoms with Gasteiger partial charge in [0.25, 0.3) is 0 Å². The van der Waals surface area contributed by atoms with E-state index in [9.17, 15) is 0 Å². The number of hydrogen-bond donors (Lipinski definition) is 0. The molecule has 0 bridgehead atoms. The number of fused-ring (bicyclic) bond motifs is 5. The van der Waals surface area contributed by atoms with Gasteiger partial charge in [0.05, 0.1) is 0 Å². The Morgan fingerprint density at radius 2 is 1.50 bits per heavy atom. The summed E-state index contributed by atoms with van der Waals surface area (Å²) >= 11 is 0. The van der Waals surface area contributed by atoms with Crippen LogP contribution in [-0.2, 0) is 0 Å². The molecular weight excluding hydrogens is 336 g/mol. The largest absolute Gasteiger partial charge is 0.0628 e. The van der Waals surface area contributed by atoms with Crippen LogP contribution in [0.3, 0.4) is 0 Å². The van der Waals surface area contributed by atoms with Gasteiger partial charge >= 0.3 is 0 Å². The van der Waals surface area contributed by atoms with E-state index in [1.807, 2.05) is 0 Å². The summed E-state index contributed by atoms with van der Waals surface area (Å²) in [7, 11) is 0. The highest BCUT2D eigenvalue weighted by Crippen LogP contribution is 2.68. The van der Waals surface area contributed by atoms with Crippen LogP contribution in [0, 0.1) is 58.2 Å². The SMILES string of the molecule is CC(C)CCC[C@@H](C)[C@H]1CCC2C3CCC4C[C@@H](C)CC[C@]4(C)C3CC[C@@]21C. The van der Waals surface area contributed by atoms with Gasteiger partial charge in [0.15, 0.2) is 0 Å². The predicted molar refractivity (Wildman–Crippen MR) is 122 cm³/mol. The molecule has 0 radical (unpaired) electrons. The first-order valence-electron chi connectivity index (χ1n) is 13.3. The third-order valence-electron chi connectivity index (χ3n) is 11.1. The lowest BCUT2D eigenvalue weighted by Gasteiger charge is -2.61. The molecule has 28 heavy (non-hydrogen) atoms. The molecule has 4 unspecified atom stereocenters. The molecule has 0 N–H and O–H groups in total. The Labute approximate surface area is 177 Å². The van der Waals surface area contributed by atoms with E-state index in [4.69, 9.17) is 0 Å². The summed E-state index contributed by atoms with van der Waals surface area (Å²) in [4.78, 5) is 0. The van der Waals surface area contributed by atoms with Gasteiger partial charge < -0.3 is 0 Å². The van der Waals surface area contributed by atoms with Crippen LogP contribution in [0.1, 0.15) is 119 Å². The van der Waals surface area contributed by atoms with Crippen LogP contribution < -0.4 is 0 Å². The molecule has 0 amide bonds. The van der Waals surface area contributed by atoms with Crippen molar-refractivity contribution in [3.05, 3.63) is 0 Å². The Balaban J connectivity index is 1.46. The van der Waals surface area contributed by atoms with E-state index in [0.717, 1.165) is 47.3 Å². The summed E-state index contributed by atoms with van der Waals surface area (Å²) < 4.78 is 0. The van der Waals surface area contributed by atoms with Crippen molar-refractivity contribution < 1.29 is 0 Å². The van der Waals surface area contributed by atoms with Crippen LogP contribution in [0.5, 0.6) is 0 Å². The first kappa shape index (κ1) is 21.2. The van der Waals surface area contributed by atoms with Crippen molar-refractivity contribution in [2.24, 2.45) is 58.2 Å². The minimum Gasteiger partial charge on any atom is -0.0628 e. The lowest BCUT2D eigenvalue weighted by atomic mass is 9.44. The smallest absolute Gasteiger partial charge is 0.0264 e. The molecule has 0 saturated heterocycles. The lowest BCUT2D eigenvalue weighted by molar-refractivity contribution is -0.120. The molecular formula is C28H50. The summed E-state index contributed by atoms with van der Waals surface area (Å²) in [6.07, 6.45) is 18.3. The van der Waals surface area contributed by atoms with Gasteiger partial charge in [0.2, 0.25) is 0 Å². The predicted octanol–water partition coefficient (Wildman–Crippen LogP) is 8.74. The third kappa shape index (κ3) is 3.51. The van der Waals surface area contributed by atoms with Crippen molar-refractivity contribution in [1.29, 1.82) is 0 Å². The molecule has 0 heterocycles. The lowest BCUT2D eigenvalue weighted by Crippen LogP contribution is -2.53. The van der Waals surface area contributed by atoms with E-state index in [0.29, 0.717) is 10.8 Å². The Hall–Kier alpha value is 0. The van der Waals surface area contributed by atoms with Crippen LogP contribution in [0.2, 0.25) is 0 Å². The summed E-state index contributed by atoms with van der Waals surface area (Å²) in [5, 5.41) is 0. The van der Waals surface area contributed by atoms with E-state index in [1.54, 1.807) is 44.9 Å². The van der Waals surface area contributed by atoms with Crippen molar-refractivity contribution in [2.45, 2.75) is 119 Å². The van der Waals surface area contributed by atoms with Gasteiger partial charge in [0, 0.05) is 0 Å². The molecule has 0 spiro atoms. The Morgan fingerprint density at radius 3 is 2.25 bits per heavy atom. The molecule has 4 aliphatic carbocycles. The van der Waals surface area contributed by atoms with Crippen LogP contribution >= 0.6 is 0 Å². The monoisotopic (exact) mass is 386 g/mol. The van der Waals surface area contributed by atoms with Gasteiger partial charge in [-0.05, 0) is 110 Å². The first-order valence-corrected chi connectivity index (χ1v) is 13.3. The average molecular weight is 387 g/mol. The van der Waals surface area contributed by atoms with Gasteiger partial charge in [-0.3, -0.25) is 0 Å². The summed E-state index contributed by atoms with van der Waals surface area (Å²) in [6.45, 7) is 15.4. The zero-order chi connectivity index (χ0) is 20.1. The topological polar surface area (TPSA) is 0 Å². The molecule has 0 aromatic rings. The summed E-state index contributed by atoms with van der Waals surface area (Å²) in [6, 6.07) is 0. The van der Waals surface area contributed by atoms with E-state index in [-0.39, 0.29) is 0 Å². The molecule has 4 rings (SSSR count). The Kier molecular flexibility index (Phi) is 6.01. The van der Waals surface area contributed by atoms with E-state index >= 15 is 0 Å². The van der Waals surface area contributed by atoms with Crippen molar-refractivity contribution in [3.8, 4) is 0 Å². The van der Waals surface area contributed by atoms with Crippen LogP contribution in [0.15, 0.2) is 0 Å². The van der Waals surface area contributed by atoms with Crippen LogP contribution in [0.4, 0.5) is 0 Å². The Morgan fingerprint density at radius 1 is 0.786 bits per heavy atom. The minimum absolute atomic E-state index is 0.670. The average Bonchev–Trinajstić information content (AvgIpc) is 2.99. The highest BCUT2D eigenvalue weighted by molar-refractivity contribution is 5.09. The number of rotatable bonds is 5. The van der Waals surface area contributed by atoms with Gasteiger partial charge in [0.1, 0.15) is 0 Å². The van der Waals surface area contributed by atoms with E-state index in [1.165, 1.54) is 32.1 Å². The molecule has 4 aliphatic rings. The van der Waals surface area contributed by atoms with Gasteiger partial charge in [-0.25, -0.2) is 0 Å². The van der Waals surface area contributed by atoms with Crippen molar-refractivity contribution in [2.75, 3.05) is 0 Å². The zero-order valence-electron chi connectivity index (χ0n) is 20.1. The molecule has 4 saturated carbocycles. The van der Waals surface area contributed by atoms with E-state index in [2.05, 4.69) is 41.5 Å². The standard InChI is InChI=1S/C28H50/c1-19(2)8-7-9-21(4)24-12-13-25-23-11-10-22-18-20(3)14-16-27(22,5)26(23)15-17-28(24,25)6/h19-26H,7-18H2,1-6H3/t20-,21+,22?,23?,24+,25?,26?,27-,28+/m0/s1. The van der Waals surface area contributed by atoms with Crippen LogP contribution in [0.25, 0.3) is 0 Å². The molecule has 0 aliphatic heterocycles. The third-order valence-corrected chi connectivity index (χ3v) is 11.1. The highest BCUT2D eigenvalue weighted by Gasteiger charge is 2.60. The molecule has 0 nitrogen and oxygen atoms in total.